The summed E-state index contributed by atoms with van der Waals surface area (Å²) in [6, 6.07) is 8.27. The molecule has 1 aliphatic heterocycles. The lowest BCUT2D eigenvalue weighted by Crippen LogP contribution is -2.57. The van der Waals surface area contributed by atoms with Crippen LogP contribution in [0.5, 0.6) is 0 Å². The summed E-state index contributed by atoms with van der Waals surface area (Å²) < 4.78 is 5.10. The number of nitriles is 1. The SMILES string of the molecule is C=Cc1cc(Nc2cc(C#N)c(N3CCN(C(=O)COC)[C@H](C4CC4)C3)nc2C2CC2)ccn1. The van der Waals surface area contributed by atoms with Gasteiger partial charge in [0.2, 0.25) is 5.91 Å². The molecule has 5 rings (SSSR count). The number of anilines is 3. The normalized spacial score (nSPS) is 20.1. The smallest absolute Gasteiger partial charge is 0.248 e. The summed E-state index contributed by atoms with van der Waals surface area (Å²) in [7, 11) is 1.56. The molecule has 3 heterocycles. The minimum atomic E-state index is 0.0435. The summed E-state index contributed by atoms with van der Waals surface area (Å²) in [5.41, 5.74) is 4.11. The zero-order valence-corrected chi connectivity index (χ0v) is 19.5. The number of carbonyl (C=O) groups excluding carboxylic acids is 1. The van der Waals surface area contributed by atoms with E-state index in [0.29, 0.717) is 37.0 Å². The number of amides is 1. The molecule has 1 saturated heterocycles. The Kier molecular flexibility index (Phi) is 6.20. The van der Waals surface area contributed by atoms with Gasteiger partial charge in [-0.15, -0.1) is 0 Å². The molecule has 0 bridgehead atoms. The monoisotopic (exact) mass is 458 g/mol. The Morgan fingerprint density at radius 1 is 1.32 bits per heavy atom. The van der Waals surface area contributed by atoms with Crippen molar-refractivity contribution in [2.75, 3.05) is 43.6 Å². The third kappa shape index (κ3) is 4.62. The van der Waals surface area contributed by atoms with Gasteiger partial charge in [-0.3, -0.25) is 9.78 Å². The first kappa shape index (κ1) is 22.4. The van der Waals surface area contributed by atoms with E-state index >= 15 is 0 Å². The lowest BCUT2D eigenvalue weighted by atomic mass is 10.1. The highest BCUT2D eigenvalue weighted by Crippen LogP contribution is 2.45. The number of aromatic nitrogens is 2. The molecule has 1 amide bonds. The van der Waals surface area contributed by atoms with Crippen LogP contribution >= 0.6 is 0 Å². The standard InChI is InChI=1S/C26H30N6O2/c1-3-20-13-21(8-9-28-20)29-22-12-19(14-27)26(30-25(22)18-6-7-18)31-10-11-32(24(33)16-34-2)23(15-31)17-4-5-17/h3,8-9,12-13,17-18,23H,1,4-7,10-11,15-16H2,2H3,(H,28,29)/t23-/m0/s1. The molecule has 0 aromatic carbocycles. The summed E-state index contributed by atoms with van der Waals surface area (Å²) in [5, 5.41) is 13.5. The molecule has 3 aliphatic rings. The van der Waals surface area contributed by atoms with Crippen molar-refractivity contribution in [1.82, 2.24) is 14.9 Å². The number of hydrogen-bond donors (Lipinski definition) is 1. The molecule has 176 valence electrons. The predicted molar refractivity (Wildman–Crippen MR) is 131 cm³/mol. The summed E-state index contributed by atoms with van der Waals surface area (Å²) in [6.45, 7) is 5.88. The number of pyridine rings is 2. The number of ether oxygens (including phenoxy) is 1. The number of hydrogen-bond acceptors (Lipinski definition) is 7. The van der Waals surface area contributed by atoms with Crippen LogP contribution in [0.15, 0.2) is 31.0 Å². The zero-order valence-electron chi connectivity index (χ0n) is 19.5. The van der Waals surface area contributed by atoms with Crippen molar-refractivity contribution in [2.45, 2.75) is 37.6 Å². The first-order valence-electron chi connectivity index (χ1n) is 11.9. The average molecular weight is 459 g/mol. The third-order valence-corrected chi connectivity index (χ3v) is 6.86. The van der Waals surface area contributed by atoms with Crippen LogP contribution in [-0.4, -0.2) is 60.2 Å². The second-order valence-electron chi connectivity index (χ2n) is 9.35. The first-order valence-corrected chi connectivity index (χ1v) is 11.9. The minimum Gasteiger partial charge on any atom is -0.375 e. The molecule has 1 atom stereocenters. The first-order chi connectivity index (χ1) is 16.6. The molecule has 0 unspecified atom stereocenters. The largest absolute Gasteiger partial charge is 0.375 e. The van der Waals surface area contributed by atoms with Gasteiger partial charge in [-0.25, -0.2) is 4.98 Å². The maximum atomic E-state index is 12.6. The van der Waals surface area contributed by atoms with Gasteiger partial charge in [0, 0.05) is 44.5 Å². The zero-order chi connectivity index (χ0) is 23.7. The maximum Gasteiger partial charge on any atom is 0.248 e. The van der Waals surface area contributed by atoms with Crippen LogP contribution in [-0.2, 0) is 9.53 Å². The second kappa shape index (κ2) is 9.43. The van der Waals surface area contributed by atoms with Crippen molar-refractivity contribution < 1.29 is 9.53 Å². The lowest BCUT2D eigenvalue weighted by Gasteiger charge is -2.42. The number of nitrogens with one attached hydrogen (secondary N) is 1. The van der Waals surface area contributed by atoms with Crippen molar-refractivity contribution in [2.24, 2.45) is 5.92 Å². The van der Waals surface area contributed by atoms with E-state index in [1.54, 1.807) is 19.4 Å². The van der Waals surface area contributed by atoms with Crippen LogP contribution in [0.25, 0.3) is 6.08 Å². The molecular weight excluding hydrogens is 428 g/mol. The number of nitrogens with zero attached hydrogens (tertiary/aromatic N) is 5. The van der Waals surface area contributed by atoms with Gasteiger partial charge < -0.3 is 19.9 Å². The number of carbonyl (C=O) groups is 1. The van der Waals surface area contributed by atoms with Crippen molar-refractivity contribution in [1.29, 1.82) is 5.26 Å². The molecule has 2 aliphatic carbocycles. The van der Waals surface area contributed by atoms with E-state index in [2.05, 4.69) is 27.8 Å². The van der Waals surface area contributed by atoms with Crippen LogP contribution in [0.3, 0.4) is 0 Å². The Balaban J connectivity index is 1.44. The van der Waals surface area contributed by atoms with E-state index in [1.165, 1.54) is 0 Å². The summed E-state index contributed by atoms with van der Waals surface area (Å²) >= 11 is 0. The van der Waals surface area contributed by atoms with Gasteiger partial charge in [0.15, 0.2) is 0 Å². The Bertz CT molecular complexity index is 1130. The van der Waals surface area contributed by atoms with Crippen LogP contribution < -0.4 is 10.2 Å². The predicted octanol–water partition coefficient (Wildman–Crippen LogP) is 3.69. The van der Waals surface area contributed by atoms with Crippen molar-refractivity contribution in [3.8, 4) is 6.07 Å². The molecule has 8 heteroatoms. The molecule has 2 aromatic rings. The van der Waals surface area contributed by atoms with E-state index in [1.807, 2.05) is 23.1 Å². The maximum absolute atomic E-state index is 12.6. The molecule has 0 spiro atoms. The minimum absolute atomic E-state index is 0.0435. The van der Waals surface area contributed by atoms with E-state index in [9.17, 15) is 10.1 Å². The Morgan fingerprint density at radius 3 is 2.82 bits per heavy atom. The van der Waals surface area contributed by atoms with E-state index in [4.69, 9.17) is 9.72 Å². The molecule has 0 radical (unpaired) electrons. The molecule has 8 nitrogen and oxygen atoms in total. The molecule has 1 N–H and O–H groups in total. The Labute approximate surface area is 200 Å². The van der Waals surface area contributed by atoms with Crippen molar-refractivity contribution in [3.63, 3.8) is 0 Å². The molecular formula is C26H30N6O2. The van der Waals surface area contributed by atoms with E-state index in [0.717, 1.165) is 54.3 Å². The fourth-order valence-corrected chi connectivity index (χ4v) is 4.80. The Morgan fingerprint density at radius 2 is 2.15 bits per heavy atom. The van der Waals surface area contributed by atoms with Gasteiger partial charge in [0.05, 0.1) is 28.7 Å². The molecule has 2 aromatic heterocycles. The average Bonchev–Trinajstić information content (AvgIpc) is 3.77. The molecule has 34 heavy (non-hydrogen) atoms. The highest BCUT2D eigenvalue weighted by Gasteiger charge is 2.41. The van der Waals surface area contributed by atoms with Crippen LogP contribution in [0.1, 0.15) is 48.6 Å². The third-order valence-electron chi connectivity index (χ3n) is 6.86. The number of piperazine rings is 1. The van der Waals surface area contributed by atoms with Crippen molar-refractivity contribution >= 4 is 29.2 Å². The van der Waals surface area contributed by atoms with E-state index in [-0.39, 0.29) is 18.6 Å². The van der Waals surface area contributed by atoms with Gasteiger partial charge in [0.1, 0.15) is 18.5 Å². The van der Waals surface area contributed by atoms with Crippen molar-refractivity contribution in [3.05, 3.63) is 47.9 Å². The summed E-state index contributed by atoms with van der Waals surface area (Å²) in [5.74, 6) is 1.70. The van der Waals surface area contributed by atoms with Crippen LogP contribution in [0, 0.1) is 17.2 Å². The fourth-order valence-electron chi connectivity index (χ4n) is 4.80. The van der Waals surface area contributed by atoms with Gasteiger partial charge in [0.25, 0.3) is 0 Å². The van der Waals surface area contributed by atoms with E-state index < -0.39 is 0 Å². The lowest BCUT2D eigenvalue weighted by molar-refractivity contribution is -0.138. The topological polar surface area (TPSA) is 94.4 Å². The highest BCUT2D eigenvalue weighted by atomic mass is 16.5. The van der Waals surface area contributed by atoms with Gasteiger partial charge >= 0.3 is 0 Å². The Hall–Kier alpha value is -3.44. The van der Waals surface area contributed by atoms with Gasteiger partial charge in [-0.1, -0.05) is 6.58 Å². The van der Waals surface area contributed by atoms with Crippen LogP contribution in [0.2, 0.25) is 0 Å². The fraction of sp³-hybridized carbons (Fsp3) is 0.462. The molecule has 3 fully saturated rings. The number of methoxy groups -OCH3 is 1. The quantitative estimate of drug-likeness (QED) is 0.645. The highest BCUT2D eigenvalue weighted by molar-refractivity contribution is 5.78. The summed E-state index contributed by atoms with van der Waals surface area (Å²) in [6.07, 6.45) is 7.94. The van der Waals surface area contributed by atoms with Crippen LogP contribution in [0.4, 0.5) is 17.2 Å². The van der Waals surface area contributed by atoms with Gasteiger partial charge in [-0.05, 0) is 55.9 Å². The summed E-state index contributed by atoms with van der Waals surface area (Å²) in [4.78, 5) is 26.1. The second-order valence-corrected chi connectivity index (χ2v) is 9.35. The van der Waals surface area contributed by atoms with Gasteiger partial charge in [-0.2, -0.15) is 5.26 Å². The molecule has 2 saturated carbocycles. The number of rotatable bonds is 8.